The average Bonchev–Trinajstić information content (AvgIpc) is 2.38. The van der Waals surface area contributed by atoms with Crippen LogP contribution in [0.15, 0.2) is 24.3 Å². The SMILES string of the molecule is CNC(C)(C)C(=O)N[C@@H](C)c1ccc(OC)cc1. The van der Waals surface area contributed by atoms with Gasteiger partial charge in [-0.1, -0.05) is 12.1 Å². The first-order valence-electron chi connectivity index (χ1n) is 6.04. The number of hydrogen-bond donors (Lipinski definition) is 2. The largest absolute Gasteiger partial charge is 0.497 e. The molecule has 0 unspecified atom stereocenters. The molecule has 0 heterocycles. The van der Waals surface area contributed by atoms with E-state index in [1.54, 1.807) is 14.2 Å². The van der Waals surface area contributed by atoms with Crippen molar-refractivity contribution in [3.63, 3.8) is 0 Å². The Kier molecular flexibility index (Phi) is 4.73. The predicted octanol–water partition coefficient (Wildman–Crippen LogP) is 1.87. The van der Waals surface area contributed by atoms with E-state index in [1.807, 2.05) is 45.0 Å². The van der Waals surface area contributed by atoms with E-state index in [0.29, 0.717) is 0 Å². The normalized spacial score (nSPS) is 12.9. The van der Waals surface area contributed by atoms with Crippen LogP contribution in [0.4, 0.5) is 0 Å². The number of nitrogens with one attached hydrogen (secondary N) is 2. The second-order valence-corrected chi connectivity index (χ2v) is 4.84. The van der Waals surface area contributed by atoms with Crippen molar-refractivity contribution in [3.05, 3.63) is 29.8 Å². The van der Waals surface area contributed by atoms with Crippen LogP contribution in [0.5, 0.6) is 5.75 Å². The maximum absolute atomic E-state index is 12.0. The van der Waals surface area contributed by atoms with E-state index in [0.717, 1.165) is 11.3 Å². The fourth-order valence-electron chi connectivity index (χ4n) is 1.47. The lowest BCUT2D eigenvalue weighted by Gasteiger charge is -2.25. The molecule has 0 spiro atoms. The van der Waals surface area contributed by atoms with Crippen LogP contribution in [0.3, 0.4) is 0 Å². The van der Waals surface area contributed by atoms with Gasteiger partial charge in [0.2, 0.25) is 5.91 Å². The van der Waals surface area contributed by atoms with E-state index in [4.69, 9.17) is 4.74 Å². The number of methoxy groups -OCH3 is 1. The van der Waals surface area contributed by atoms with Crippen LogP contribution in [0.2, 0.25) is 0 Å². The summed E-state index contributed by atoms with van der Waals surface area (Å²) in [4.78, 5) is 12.0. The Balaban J connectivity index is 2.70. The van der Waals surface area contributed by atoms with Gasteiger partial charge in [-0.25, -0.2) is 0 Å². The summed E-state index contributed by atoms with van der Waals surface area (Å²) in [6.45, 7) is 5.66. The molecule has 100 valence electrons. The van der Waals surface area contributed by atoms with E-state index >= 15 is 0 Å². The molecule has 1 rings (SSSR count). The van der Waals surface area contributed by atoms with E-state index in [1.165, 1.54) is 0 Å². The van der Waals surface area contributed by atoms with Crippen molar-refractivity contribution in [1.82, 2.24) is 10.6 Å². The third-order valence-corrected chi connectivity index (χ3v) is 3.16. The maximum Gasteiger partial charge on any atom is 0.240 e. The first kappa shape index (κ1) is 14.5. The van der Waals surface area contributed by atoms with Gasteiger partial charge in [-0.3, -0.25) is 4.79 Å². The number of carbonyl (C=O) groups excluding carboxylic acids is 1. The summed E-state index contributed by atoms with van der Waals surface area (Å²) in [6.07, 6.45) is 0. The second-order valence-electron chi connectivity index (χ2n) is 4.84. The molecule has 1 amide bonds. The molecular formula is C14H22N2O2. The molecule has 0 aromatic heterocycles. The molecule has 4 heteroatoms. The Labute approximate surface area is 109 Å². The molecule has 0 saturated heterocycles. The van der Waals surface area contributed by atoms with Crippen LogP contribution < -0.4 is 15.4 Å². The Hall–Kier alpha value is -1.55. The first-order chi connectivity index (χ1) is 8.40. The smallest absolute Gasteiger partial charge is 0.240 e. The molecular weight excluding hydrogens is 228 g/mol. The Morgan fingerprint density at radius 2 is 1.83 bits per heavy atom. The number of benzene rings is 1. The number of carbonyl (C=O) groups is 1. The minimum absolute atomic E-state index is 0.0201. The molecule has 0 saturated carbocycles. The zero-order chi connectivity index (χ0) is 13.8. The minimum Gasteiger partial charge on any atom is -0.497 e. The number of rotatable bonds is 5. The highest BCUT2D eigenvalue weighted by Gasteiger charge is 2.26. The molecule has 1 aromatic carbocycles. The number of likely N-dealkylation sites (N-methyl/N-ethyl adjacent to an activating group) is 1. The summed E-state index contributed by atoms with van der Waals surface area (Å²) in [5, 5.41) is 5.97. The van der Waals surface area contributed by atoms with Gasteiger partial charge in [0.25, 0.3) is 0 Å². The van der Waals surface area contributed by atoms with Gasteiger partial charge >= 0.3 is 0 Å². The molecule has 2 N–H and O–H groups in total. The van der Waals surface area contributed by atoms with Gasteiger partial charge < -0.3 is 15.4 Å². The number of amides is 1. The van der Waals surface area contributed by atoms with Crippen LogP contribution in [0.1, 0.15) is 32.4 Å². The molecule has 0 radical (unpaired) electrons. The zero-order valence-electron chi connectivity index (χ0n) is 11.7. The van der Waals surface area contributed by atoms with Crippen molar-refractivity contribution in [1.29, 1.82) is 0 Å². The third-order valence-electron chi connectivity index (χ3n) is 3.16. The zero-order valence-corrected chi connectivity index (χ0v) is 11.7. The molecule has 0 aliphatic carbocycles. The van der Waals surface area contributed by atoms with E-state index in [9.17, 15) is 4.79 Å². The van der Waals surface area contributed by atoms with E-state index in [-0.39, 0.29) is 11.9 Å². The highest BCUT2D eigenvalue weighted by molar-refractivity contribution is 5.85. The van der Waals surface area contributed by atoms with Crippen LogP contribution in [0, 0.1) is 0 Å². The van der Waals surface area contributed by atoms with Gasteiger partial charge in [-0.2, -0.15) is 0 Å². The average molecular weight is 250 g/mol. The molecule has 0 aliphatic heterocycles. The van der Waals surface area contributed by atoms with Gasteiger partial charge in [0, 0.05) is 0 Å². The first-order valence-corrected chi connectivity index (χ1v) is 6.04. The molecule has 1 aromatic rings. The van der Waals surface area contributed by atoms with E-state index in [2.05, 4.69) is 10.6 Å². The molecule has 1 atom stereocenters. The standard InChI is InChI=1S/C14H22N2O2/c1-10(16-13(17)14(2,3)15-4)11-6-8-12(18-5)9-7-11/h6-10,15H,1-5H3,(H,16,17)/t10-/m0/s1. The van der Waals surface area contributed by atoms with Crippen LogP contribution >= 0.6 is 0 Å². The Morgan fingerprint density at radius 3 is 2.28 bits per heavy atom. The minimum atomic E-state index is -0.569. The second kappa shape index (κ2) is 5.87. The van der Waals surface area contributed by atoms with Crippen molar-refractivity contribution in [2.24, 2.45) is 0 Å². The van der Waals surface area contributed by atoms with Gasteiger partial charge in [-0.15, -0.1) is 0 Å². The summed E-state index contributed by atoms with van der Waals surface area (Å²) in [5.74, 6) is 0.793. The molecule has 0 bridgehead atoms. The van der Waals surface area contributed by atoms with Crippen molar-refractivity contribution in [3.8, 4) is 5.75 Å². The lowest BCUT2D eigenvalue weighted by Crippen LogP contribution is -2.51. The van der Waals surface area contributed by atoms with Crippen LogP contribution in [-0.2, 0) is 4.79 Å². The van der Waals surface area contributed by atoms with Crippen molar-refractivity contribution in [2.75, 3.05) is 14.2 Å². The number of ether oxygens (including phenoxy) is 1. The lowest BCUT2D eigenvalue weighted by atomic mass is 10.0. The summed E-state index contributed by atoms with van der Waals surface area (Å²) in [7, 11) is 3.41. The van der Waals surface area contributed by atoms with Crippen molar-refractivity contribution >= 4 is 5.91 Å². The highest BCUT2D eigenvalue weighted by atomic mass is 16.5. The molecule has 0 fully saturated rings. The Morgan fingerprint density at radius 1 is 1.28 bits per heavy atom. The molecule has 4 nitrogen and oxygen atoms in total. The Bertz CT molecular complexity index is 399. The van der Waals surface area contributed by atoms with Gasteiger partial charge in [0.1, 0.15) is 5.75 Å². The lowest BCUT2D eigenvalue weighted by molar-refractivity contribution is -0.126. The van der Waals surface area contributed by atoms with Crippen molar-refractivity contribution in [2.45, 2.75) is 32.4 Å². The third kappa shape index (κ3) is 3.47. The highest BCUT2D eigenvalue weighted by Crippen LogP contribution is 2.17. The summed E-state index contributed by atoms with van der Waals surface area (Å²) < 4.78 is 5.10. The molecule has 0 aliphatic rings. The quantitative estimate of drug-likeness (QED) is 0.839. The monoisotopic (exact) mass is 250 g/mol. The summed E-state index contributed by atoms with van der Waals surface area (Å²) in [5.41, 5.74) is 0.483. The summed E-state index contributed by atoms with van der Waals surface area (Å²) >= 11 is 0. The van der Waals surface area contributed by atoms with E-state index < -0.39 is 5.54 Å². The predicted molar refractivity (Wildman–Crippen MR) is 72.7 cm³/mol. The maximum atomic E-state index is 12.0. The fraction of sp³-hybridized carbons (Fsp3) is 0.500. The van der Waals surface area contributed by atoms with Crippen molar-refractivity contribution < 1.29 is 9.53 Å². The van der Waals surface area contributed by atoms with Gasteiger partial charge in [0.05, 0.1) is 18.7 Å². The molecule has 18 heavy (non-hydrogen) atoms. The number of hydrogen-bond acceptors (Lipinski definition) is 3. The van der Waals surface area contributed by atoms with Gasteiger partial charge in [0.15, 0.2) is 0 Å². The van der Waals surface area contributed by atoms with Crippen LogP contribution in [0.25, 0.3) is 0 Å². The van der Waals surface area contributed by atoms with Gasteiger partial charge in [-0.05, 0) is 45.5 Å². The summed E-state index contributed by atoms with van der Waals surface area (Å²) in [6, 6.07) is 7.66. The topological polar surface area (TPSA) is 50.4 Å². The fourth-order valence-corrected chi connectivity index (χ4v) is 1.47. The van der Waals surface area contributed by atoms with Crippen LogP contribution in [-0.4, -0.2) is 25.6 Å².